The molecule has 2 fully saturated rings. The topological polar surface area (TPSA) is 53.3 Å². The highest BCUT2D eigenvalue weighted by atomic mass is 16.5. The van der Waals surface area contributed by atoms with E-state index in [2.05, 4.69) is 41.3 Å². The first-order chi connectivity index (χ1) is 13.7. The van der Waals surface area contributed by atoms with Crippen molar-refractivity contribution in [3.8, 4) is 11.8 Å². The summed E-state index contributed by atoms with van der Waals surface area (Å²) < 4.78 is 5.21. The molecule has 2 unspecified atom stereocenters. The van der Waals surface area contributed by atoms with E-state index in [1.165, 1.54) is 24.8 Å². The second-order valence-electron chi connectivity index (χ2n) is 7.96. The Morgan fingerprint density at radius 3 is 2.50 bits per heavy atom. The number of fused-ring (bicyclic) bond motifs is 2. The van der Waals surface area contributed by atoms with Crippen molar-refractivity contribution in [2.75, 3.05) is 7.11 Å². The summed E-state index contributed by atoms with van der Waals surface area (Å²) >= 11 is 0. The molecule has 2 aromatic carbocycles. The summed E-state index contributed by atoms with van der Waals surface area (Å²) in [6, 6.07) is 18.9. The minimum Gasteiger partial charge on any atom is -0.495 e. The number of rotatable bonds is 5. The molecule has 0 spiro atoms. The van der Waals surface area contributed by atoms with E-state index in [0.717, 1.165) is 19.4 Å². The number of ether oxygens (including phenoxy) is 1. The molecule has 2 bridgehead atoms. The van der Waals surface area contributed by atoms with Crippen molar-refractivity contribution in [2.45, 2.75) is 50.7 Å². The Kier molecular flexibility index (Phi) is 5.45. The lowest BCUT2D eigenvalue weighted by atomic mass is 9.75. The smallest absolute Gasteiger partial charge is 0.166 e. The quantitative estimate of drug-likeness (QED) is 0.719. The van der Waals surface area contributed by atoms with Crippen LogP contribution in [0, 0.1) is 17.2 Å². The number of piperidine rings is 2. The van der Waals surface area contributed by atoms with Gasteiger partial charge in [0.25, 0.3) is 0 Å². The summed E-state index contributed by atoms with van der Waals surface area (Å²) in [5.74, 6) is 0.742. The van der Waals surface area contributed by atoms with E-state index in [1.54, 1.807) is 25.3 Å². The summed E-state index contributed by atoms with van der Waals surface area (Å²) in [7, 11) is 1.54. The van der Waals surface area contributed by atoms with Crippen LogP contribution in [0.2, 0.25) is 0 Å². The summed E-state index contributed by atoms with van der Waals surface area (Å²) in [6.07, 6.45) is 5.41. The Morgan fingerprint density at radius 2 is 1.86 bits per heavy atom. The standard InChI is InChI=1S/C24H26N2O2/c1-28-23-11-10-18(12-20(23)15-25)24(27)19-13-21-8-5-9-22(14-19)26(21)16-17-6-3-2-4-7-17/h2-4,6-7,10-12,19,21-22H,5,8-9,13-14,16H2,1H3. The molecule has 0 radical (unpaired) electrons. The first-order valence-corrected chi connectivity index (χ1v) is 10.1. The van der Waals surface area contributed by atoms with Gasteiger partial charge >= 0.3 is 0 Å². The van der Waals surface area contributed by atoms with E-state index in [1.807, 2.05) is 0 Å². The van der Waals surface area contributed by atoms with Crippen molar-refractivity contribution in [1.82, 2.24) is 4.90 Å². The first kappa shape index (κ1) is 18.7. The molecule has 144 valence electrons. The Balaban J connectivity index is 1.51. The molecule has 4 nitrogen and oxygen atoms in total. The maximum atomic E-state index is 13.2. The molecule has 2 aliphatic heterocycles. The van der Waals surface area contributed by atoms with Gasteiger partial charge in [-0.15, -0.1) is 0 Å². The summed E-state index contributed by atoms with van der Waals surface area (Å²) in [5.41, 5.74) is 2.41. The fraction of sp³-hybridized carbons (Fsp3) is 0.417. The average molecular weight is 374 g/mol. The minimum absolute atomic E-state index is 0.0438. The SMILES string of the molecule is COc1ccc(C(=O)C2CC3CCCC(C2)N3Cc2ccccc2)cc1C#N. The van der Waals surface area contributed by atoms with E-state index in [4.69, 9.17) is 4.74 Å². The van der Waals surface area contributed by atoms with Crippen LogP contribution in [-0.4, -0.2) is 29.9 Å². The number of hydrogen-bond acceptors (Lipinski definition) is 4. The zero-order chi connectivity index (χ0) is 19.5. The van der Waals surface area contributed by atoms with Crippen LogP contribution in [-0.2, 0) is 6.54 Å². The van der Waals surface area contributed by atoms with Crippen molar-refractivity contribution in [1.29, 1.82) is 5.26 Å². The molecule has 4 rings (SSSR count). The molecular weight excluding hydrogens is 348 g/mol. The van der Waals surface area contributed by atoms with Crippen molar-refractivity contribution < 1.29 is 9.53 Å². The van der Waals surface area contributed by atoms with E-state index in [-0.39, 0.29) is 11.7 Å². The number of Topliss-reactive ketones (excluding diaryl/α,β-unsaturated/α-hetero) is 1. The van der Waals surface area contributed by atoms with E-state index >= 15 is 0 Å². The monoisotopic (exact) mass is 374 g/mol. The van der Waals surface area contributed by atoms with Crippen LogP contribution in [0.15, 0.2) is 48.5 Å². The van der Waals surface area contributed by atoms with Crippen LogP contribution in [0.3, 0.4) is 0 Å². The van der Waals surface area contributed by atoms with Crippen LogP contribution in [0.1, 0.15) is 53.6 Å². The summed E-state index contributed by atoms with van der Waals surface area (Å²) in [5, 5.41) is 9.32. The molecule has 0 saturated carbocycles. The zero-order valence-electron chi connectivity index (χ0n) is 16.3. The van der Waals surface area contributed by atoms with Crippen LogP contribution in [0.25, 0.3) is 0 Å². The van der Waals surface area contributed by atoms with Crippen molar-refractivity contribution in [3.05, 3.63) is 65.2 Å². The number of methoxy groups -OCH3 is 1. The van der Waals surface area contributed by atoms with Crippen LogP contribution in [0.4, 0.5) is 0 Å². The number of benzene rings is 2. The highest BCUT2D eigenvalue weighted by molar-refractivity contribution is 5.98. The second-order valence-corrected chi connectivity index (χ2v) is 7.96. The van der Waals surface area contributed by atoms with Gasteiger partial charge in [0.2, 0.25) is 0 Å². The molecular formula is C24H26N2O2. The normalized spacial score (nSPS) is 24.4. The molecule has 2 saturated heterocycles. The highest BCUT2D eigenvalue weighted by Gasteiger charge is 2.40. The third-order valence-corrected chi connectivity index (χ3v) is 6.31. The van der Waals surface area contributed by atoms with Gasteiger partial charge in [-0.1, -0.05) is 36.8 Å². The van der Waals surface area contributed by atoms with Gasteiger partial charge in [-0.05, 0) is 49.4 Å². The Hall–Kier alpha value is -2.64. The number of nitrogens with zero attached hydrogens (tertiary/aromatic N) is 2. The van der Waals surface area contributed by atoms with Crippen LogP contribution in [0.5, 0.6) is 5.75 Å². The second kappa shape index (κ2) is 8.16. The molecule has 2 heterocycles. The van der Waals surface area contributed by atoms with E-state index < -0.39 is 0 Å². The van der Waals surface area contributed by atoms with Gasteiger partial charge in [0.15, 0.2) is 5.78 Å². The molecule has 0 amide bonds. The fourth-order valence-corrected chi connectivity index (χ4v) is 4.93. The predicted molar refractivity (Wildman–Crippen MR) is 108 cm³/mol. The maximum absolute atomic E-state index is 13.2. The molecule has 0 N–H and O–H groups in total. The number of hydrogen-bond donors (Lipinski definition) is 0. The summed E-state index contributed by atoms with van der Waals surface area (Å²) in [6.45, 7) is 0.970. The van der Waals surface area contributed by atoms with Gasteiger partial charge in [-0.2, -0.15) is 5.26 Å². The fourth-order valence-electron chi connectivity index (χ4n) is 4.93. The average Bonchev–Trinajstić information content (AvgIpc) is 2.73. The van der Waals surface area contributed by atoms with Crippen LogP contribution >= 0.6 is 0 Å². The highest BCUT2D eigenvalue weighted by Crippen LogP contribution is 2.39. The Morgan fingerprint density at radius 1 is 1.14 bits per heavy atom. The van der Waals surface area contributed by atoms with Crippen LogP contribution < -0.4 is 4.74 Å². The molecule has 0 aromatic heterocycles. The Labute approximate surface area is 166 Å². The van der Waals surface area contributed by atoms with Crippen molar-refractivity contribution in [2.24, 2.45) is 5.92 Å². The number of ketones is 1. The summed E-state index contributed by atoms with van der Waals surface area (Å²) in [4.78, 5) is 15.8. The molecule has 2 aromatic rings. The largest absolute Gasteiger partial charge is 0.495 e. The minimum atomic E-state index is 0.0438. The Bertz CT molecular complexity index is 873. The first-order valence-electron chi connectivity index (χ1n) is 10.1. The number of carbonyl (C=O) groups is 1. The maximum Gasteiger partial charge on any atom is 0.166 e. The third kappa shape index (κ3) is 3.68. The lowest BCUT2D eigenvalue weighted by Crippen LogP contribution is -2.52. The van der Waals surface area contributed by atoms with Gasteiger partial charge < -0.3 is 4.74 Å². The van der Waals surface area contributed by atoms with Crippen molar-refractivity contribution >= 4 is 5.78 Å². The van der Waals surface area contributed by atoms with Gasteiger partial charge in [0.05, 0.1) is 12.7 Å². The number of nitriles is 1. The third-order valence-electron chi connectivity index (χ3n) is 6.31. The molecule has 2 atom stereocenters. The van der Waals surface area contributed by atoms with E-state index in [0.29, 0.717) is 29.0 Å². The lowest BCUT2D eigenvalue weighted by Gasteiger charge is -2.48. The number of carbonyl (C=O) groups excluding carboxylic acids is 1. The molecule has 0 aliphatic carbocycles. The lowest BCUT2D eigenvalue weighted by molar-refractivity contribution is 0.00906. The van der Waals surface area contributed by atoms with Crippen molar-refractivity contribution in [3.63, 3.8) is 0 Å². The van der Waals surface area contributed by atoms with Gasteiger partial charge in [-0.25, -0.2) is 0 Å². The van der Waals surface area contributed by atoms with Gasteiger partial charge in [0.1, 0.15) is 11.8 Å². The molecule has 4 heteroatoms. The molecule has 28 heavy (non-hydrogen) atoms. The molecule has 2 aliphatic rings. The predicted octanol–water partition coefficient (Wildman–Crippen LogP) is 4.58. The van der Waals surface area contributed by atoms with Gasteiger partial charge in [0, 0.05) is 30.1 Å². The zero-order valence-corrected chi connectivity index (χ0v) is 16.3. The van der Waals surface area contributed by atoms with Gasteiger partial charge in [-0.3, -0.25) is 9.69 Å². The van der Waals surface area contributed by atoms with E-state index in [9.17, 15) is 10.1 Å².